The van der Waals surface area contributed by atoms with Crippen LogP contribution in [0.3, 0.4) is 0 Å². The molecule has 0 saturated heterocycles. The number of anilines is 1. The first-order valence-corrected chi connectivity index (χ1v) is 5.87. The van der Waals surface area contributed by atoms with E-state index in [0.29, 0.717) is 0 Å². The van der Waals surface area contributed by atoms with Gasteiger partial charge in [0.2, 0.25) is 5.84 Å². The van der Waals surface area contributed by atoms with Gasteiger partial charge in [-0.3, -0.25) is 0 Å². The van der Waals surface area contributed by atoms with Gasteiger partial charge in [-0.25, -0.2) is 4.79 Å². The molecule has 0 atom stereocenters. The molecule has 2 rings (SSSR count). The average Bonchev–Trinajstić information content (AvgIpc) is 2.18. The van der Waals surface area contributed by atoms with Crippen molar-refractivity contribution in [2.75, 3.05) is 5.32 Å². The third-order valence-electron chi connectivity index (χ3n) is 1.89. The SMILES string of the molecule is O=C(O)C1=NS(=O)(=O)c2cc(Cl)ccc2N1. The molecule has 0 fully saturated rings. The number of aliphatic carboxylic acids is 1. The number of hydrogen-bond acceptors (Lipinski definition) is 4. The van der Waals surface area contributed by atoms with Gasteiger partial charge in [0, 0.05) is 5.02 Å². The van der Waals surface area contributed by atoms with Gasteiger partial charge in [0.05, 0.1) is 5.69 Å². The maximum absolute atomic E-state index is 11.6. The third kappa shape index (κ3) is 1.74. The minimum absolute atomic E-state index is 0.134. The Morgan fingerprint density at radius 2 is 2.12 bits per heavy atom. The minimum atomic E-state index is -4.00. The van der Waals surface area contributed by atoms with Gasteiger partial charge in [-0.2, -0.15) is 8.42 Å². The highest BCUT2D eigenvalue weighted by atomic mass is 35.5. The van der Waals surface area contributed by atoms with Crippen molar-refractivity contribution >= 4 is 39.1 Å². The largest absolute Gasteiger partial charge is 0.475 e. The molecule has 16 heavy (non-hydrogen) atoms. The van der Waals surface area contributed by atoms with Crippen LogP contribution in [0, 0.1) is 0 Å². The molecule has 0 radical (unpaired) electrons. The van der Waals surface area contributed by atoms with E-state index in [9.17, 15) is 13.2 Å². The summed E-state index contributed by atoms with van der Waals surface area (Å²) >= 11 is 5.65. The number of halogens is 1. The molecule has 0 bridgehead atoms. The Balaban J connectivity index is 2.66. The molecule has 1 aliphatic rings. The number of benzene rings is 1. The number of fused-ring (bicyclic) bond motifs is 1. The van der Waals surface area contributed by atoms with Gasteiger partial charge in [-0.15, -0.1) is 4.40 Å². The fraction of sp³-hybridized carbons (Fsp3) is 0. The highest BCUT2D eigenvalue weighted by molar-refractivity contribution is 7.90. The van der Waals surface area contributed by atoms with Gasteiger partial charge in [0.25, 0.3) is 10.0 Å². The van der Waals surface area contributed by atoms with Gasteiger partial charge >= 0.3 is 5.97 Å². The van der Waals surface area contributed by atoms with Crippen LogP contribution in [0.15, 0.2) is 27.5 Å². The van der Waals surface area contributed by atoms with Gasteiger partial charge in [0.1, 0.15) is 4.90 Å². The Kier molecular flexibility index (Phi) is 2.36. The number of carboxylic acids is 1. The van der Waals surface area contributed by atoms with Crippen molar-refractivity contribution < 1.29 is 18.3 Å². The Morgan fingerprint density at radius 3 is 2.75 bits per heavy atom. The van der Waals surface area contributed by atoms with Crippen LogP contribution in [0.5, 0.6) is 0 Å². The van der Waals surface area contributed by atoms with E-state index in [4.69, 9.17) is 16.7 Å². The van der Waals surface area contributed by atoms with Crippen molar-refractivity contribution in [2.24, 2.45) is 4.40 Å². The van der Waals surface area contributed by atoms with Gasteiger partial charge in [-0.05, 0) is 18.2 Å². The van der Waals surface area contributed by atoms with Crippen LogP contribution in [-0.2, 0) is 14.8 Å². The quantitative estimate of drug-likeness (QED) is 0.783. The molecule has 0 amide bonds. The molecule has 0 aliphatic carbocycles. The summed E-state index contributed by atoms with van der Waals surface area (Å²) in [7, 11) is -4.00. The van der Waals surface area contributed by atoms with Crippen LogP contribution in [0.1, 0.15) is 0 Å². The van der Waals surface area contributed by atoms with E-state index in [1.807, 2.05) is 0 Å². The van der Waals surface area contributed by atoms with Crippen molar-refractivity contribution in [1.29, 1.82) is 0 Å². The van der Waals surface area contributed by atoms with Crippen LogP contribution in [0.4, 0.5) is 5.69 Å². The van der Waals surface area contributed by atoms with Crippen molar-refractivity contribution in [3.8, 4) is 0 Å². The summed E-state index contributed by atoms with van der Waals surface area (Å²) in [6, 6.07) is 4.04. The normalized spacial score (nSPS) is 16.9. The van der Waals surface area contributed by atoms with Crippen LogP contribution in [0.2, 0.25) is 5.02 Å². The van der Waals surface area contributed by atoms with Crippen molar-refractivity contribution in [3.63, 3.8) is 0 Å². The Labute approximate surface area is 95.6 Å². The van der Waals surface area contributed by atoms with E-state index < -0.39 is 21.8 Å². The maximum Gasteiger partial charge on any atom is 0.372 e. The Bertz CT molecular complexity index is 608. The number of sulfonamides is 1. The van der Waals surface area contributed by atoms with Crippen LogP contribution >= 0.6 is 11.6 Å². The first-order chi connectivity index (χ1) is 7.40. The predicted molar refractivity (Wildman–Crippen MR) is 57.3 cm³/mol. The monoisotopic (exact) mass is 260 g/mol. The maximum atomic E-state index is 11.6. The van der Waals surface area contributed by atoms with Crippen molar-refractivity contribution in [3.05, 3.63) is 23.2 Å². The number of nitrogens with one attached hydrogen (secondary N) is 1. The lowest BCUT2D eigenvalue weighted by Crippen LogP contribution is -2.28. The summed E-state index contributed by atoms with van der Waals surface area (Å²) in [6.45, 7) is 0. The second-order valence-corrected chi connectivity index (χ2v) is 4.99. The second-order valence-electron chi connectivity index (χ2n) is 2.99. The van der Waals surface area contributed by atoms with E-state index in [0.717, 1.165) is 0 Å². The average molecular weight is 261 g/mol. The number of rotatable bonds is 1. The zero-order valence-corrected chi connectivity index (χ0v) is 9.21. The zero-order valence-electron chi connectivity index (χ0n) is 7.64. The third-order valence-corrected chi connectivity index (χ3v) is 3.44. The summed E-state index contributed by atoms with van der Waals surface area (Å²) in [5.41, 5.74) is 0.150. The van der Waals surface area contributed by atoms with Crippen molar-refractivity contribution in [2.45, 2.75) is 4.90 Å². The summed E-state index contributed by atoms with van der Waals surface area (Å²) in [6.07, 6.45) is 0. The molecule has 2 N–H and O–H groups in total. The standard InChI is InChI=1S/C8H5ClN2O4S/c9-4-1-2-5-6(3-4)16(14,15)11-7(10-5)8(12)13/h1-3H,(H,10,11)(H,12,13). The molecule has 1 heterocycles. The highest BCUT2D eigenvalue weighted by Gasteiger charge is 2.27. The number of hydrogen-bond donors (Lipinski definition) is 2. The molecule has 0 spiro atoms. The highest BCUT2D eigenvalue weighted by Crippen LogP contribution is 2.29. The van der Waals surface area contributed by atoms with Crippen LogP contribution in [0.25, 0.3) is 0 Å². The number of carboxylic acid groups (broad SMARTS) is 1. The molecule has 0 saturated carbocycles. The van der Waals surface area contributed by atoms with E-state index in [1.165, 1.54) is 18.2 Å². The van der Waals surface area contributed by atoms with Crippen LogP contribution in [-0.4, -0.2) is 25.3 Å². The summed E-state index contributed by atoms with van der Waals surface area (Å²) in [5, 5.41) is 11.3. The smallest absolute Gasteiger partial charge is 0.372 e. The minimum Gasteiger partial charge on any atom is -0.475 e. The number of carbonyl (C=O) groups is 1. The summed E-state index contributed by atoms with van der Waals surface area (Å²) in [5.74, 6) is -2.07. The molecular weight excluding hydrogens is 256 g/mol. The van der Waals surface area contributed by atoms with E-state index in [-0.39, 0.29) is 15.6 Å². The molecule has 0 aromatic heterocycles. The molecule has 6 nitrogen and oxygen atoms in total. The first kappa shape index (κ1) is 10.9. The summed E-state index contributed by atoms with van der Waals surface area (Å²) < 4.78 is 26.3. The fourth-order valence-corrected chi connectivity index (χ4v) is 2.60. The lowest BCUT2D eigenvalue weighted by atomic mass is 10.3. The van der Waals surface area contributed by atoms with E-state index in [1.54, 1.807) is 0 Å². The molecular formula is C8H5ClN2O4S. The van der Waals surface area contributed by atoms with E-state index >= 15 is 0 Å². The van der Waals surface area contributed by atoms with E-state index in [2.05, 4.69) is 9.71 Å². The molecule has 1 aromatic carbocycles. The zero-order chi connectivity index (χ0) is 11.9. The molecule has 1 aliphatic heterocycles. The van der Waals surface area contributed by atoms with Gasteiger partial charge < -0.3 is 10.4 Å². The van der Waals surface area contributed by atoms with Gasteiger partial charge in [-0.1, -0.05) is 11.6 Å². The Hall–Kier alpha value is -1.60. The van der Waals surface area contributed by atoms with Gasteiger partial charge in [0.15, 0.2) is 0 Å². The second kappa shape index (κ2) is 3.46. The lowest BCUT2D eigenvalue weighted by molar-refractivity contribution is -0.129. The summed E-state index contributed by atoms with van der Waals surface area (Å²) in [4.78, 5) is 10.5. The molecule has 8 heteroatoms. The molecule has 1 aromatic rings. The fourth-order valence-electron chi connectivity index (χ4n) is 1.23. The Morgan fingerprint density at radius 1 is 1.44 bits per heavy atom. The lowest BCUT2D eigenvalue weighted by Gasteiger charge is -2.15. The molecule has 0 unspecified atom stereocenters. The van der Waals surface area contributed by atoms with Crippen LogP contribution < -0.4 is 5.32 Å². The van der Waals surface area contributed by atoms with Crippen molar-refractivity contribution in [1.82, 2.24) is 0 Å². The predicted octanol–water partition coefficient (Wildman–Crippen LogP) is 0.937. The first-order valence-electron chi connectivity index (χ1n) is 4.05. The number of nitrogens with zero attached hydrogens (tertiary/aromatic N) is 1. The number of amidine groups is 1. The molecule has 84 valence electrons. The topological polar surface area (TPSA) is 95.8 Å².